The third-order valence-electron chi connectivity index (χ3n) is 6.30. The highest BCUT2D eigenvalue weighted by Crippen LogP contribution is 2.37. The van der Waals surface area contributed by atoms with Gasteiger partial charge in [0.05, 0.1) is 16.8 Å². The van der Waals surface area contributed by atoms with Gasteiger partial charge >= 0.3 is 0 Å². The van der Waals surface area contributed by atoms with E-state index in [-0.39, 0.29) is 24.0 Å². The lowest BCUT2D eigenvalue weighted by molar-refractivity contribution is -0.113. The van der Waals surface area contributed by atoms with Gasteiger partial charge in [-0.05, 0) is 55.0 Å². The smallest absolute Gasteiger partial charge is 0.267 e. The fraction of sp³-hybridized carbons (Fsp3) is 0.269. The summed E-state index contributed by atoms with van der Waals surface area (Å²) in [7, 11) is 0. The van der Waals surface area contributed by atoms with Crippen LogP contribution in [0.1, 0.15) is 23.8 Å². The summed E-state index contributed by atoms with van der Waals surface area (Å²) >= 11 is 2.88. The molecule has 3 heterocycles. The molecule has 2 aromatic carbocycles. The molecule has 0 unspecified atom stereocenters. The van der Waals surface area contributed by atoms with Crippen LogP contribution in [0.4, 0.5) is 5.69 Å². The first-order valence-corrected chi connectivity index (χ1v) is 13.3. The average Bonchev–Trinajstić information content (AvgIpc) is 3.47. The number of carbonyl (C=O) groups is 1. The number of carbonyl (C=O) groups excluding carboxylic acids is 1. The Bertz CT molecular complexity index is 1500. The van der Waals surface area contributed by atoms with Crippen molar-refractivity contribution in [2.75, 3.05) is 17.9 Å². The van der Waals surface area contributed by atoms with Crippen molar-refractivity contribution in [1.29, 1.82) is 0 Å². The molecule has 0 bridgehead atoms. The van der Waals surface area contributed by atoms with Crippen molar-refractivity contribution in [3.8, 4) is 17.2 Å². The maximum absolute atomic E-state index is 13.8. The first kappa shape index (κ1) is 22.2. The predicted octanol–water partition coefficient (Wildman–Crippen LogP) is 5.03. The quantitative estimate of drug-likeness (QED) is 0.303. The highest BCUT2D eigenvalue weighted by Gasteiger charge is 2.25. The summed E-state index contributed by atoms with van der Waals surface area (Å²) in [6, 6.07) is 14.8. The third kappa shape index (κ3) is 4.19. The van der Waals surface area contributed by atoms with Gasteiger partial charge in [-0.3, -0.25) is 14.2 Å². The van der Waals surface area contributed by atoms with Crippen molar-refractivity contribution in [3.05, 3.63) is 69.3 Å². The number of aromatic nitrogens is 2. The van der Waals surface area contributed by atoms with E-state index in [2.05, 4.69) is 12.2 Å². The van der Waals surface area contributed by atoms with Crippen molar-refractivity contribution in [1.82, 2.24) is 9.55 Å². The number of thiophene rings is 1. The Morgan fingerprint density at radius 2 is 2.03 bits per heavy atom. The zero-order valence-electron chi connectivity index (χ0n) is 19.1. The van der Waals surface area contributed by atoms with Gasteiger partial charge in [-0.1, -0.05) is 36.9 Å². The number of amides is 1. The molecule has 6 rings (SSSR count). The van der Waals surface area contributed by atoms with Gasteiger partial charge in [0, 0.05) is 16.6 Å². The van der Waals surface area contributed by atoms with E-state index in [1.165, 1.54) is 16.6 Å². The maximum atomic E-state index is 13.8. The number of rotatable bonds is 5. The SMILES string of the molecule is C[C@@H]1CCc2c(sc3nc(SCC(=O)Nc4ccc5c(c4)OCO5)n(-c4ccccc4)c(=O)c23)C1. The van der Waals surface area contributed by atoms with Crippen LogP contribution in [0.25, 0.3) is 15.9 Å². The molecule has 1 aliphatic heterocycles. The summed E-state index contributed by atoms with van der Waals surface area (Å²) in [5.74, 6) is 1.80. The van der Waals surface area contributed by atoms with Crippen LogP contribution in [0.15, 0.2) is 58.5 Å². The lowest BCUT2D eigenvalue weighted by atomic mass is 9.89. The van der Waals surface area contributed by atoms with E-state index < -0.39 is 0 Å². The number of ether oxygens (including phenoxy) is 2. The lowest BCUT2D eigenvalue weighted by Gasteiger charge is -2.17. The first-order chi connectivity index (χ1) is 17.1. The number of fused-ring (bicyclic) bond motifs is 4. The molecule has 178 valence electrons. The Morgan fingerprint density at radius 3 is 2.89 bits per heavy atom. The van der Waals surface area contributed by atoms with Gasteiger partial charge in [0.1, 0.15) is 4.83 Å². The molecule has 4 aromatic rings. The highest BCUT2D eigenvalue weighted by molar-refractivity contribution is 7.99. The Labute approximate surface area is 210 Å². The third-order valence-corrected chi connectivity index (χ3v) is 8.39. The van der Waals surface area contributed by atoms with E-state index >= 15 is 0 Å². The molecule has 0 saturated heterocycles. The fourth-order valence-corrected chi connectivity index (χ4v) is 6.81. The van der Waals surface area contributed by atoms with Gasteiger partial charge in [0.25, 0.3) is 5.56 Å². The molecule has 35 heavy (non-hydrogen) atoms. The molecular weight excluding hydrogens is 482 g/mol. The number of hydrogen-bond acceptors (Lipinski definition) is 7. The largest absolute Gasteiger partial charge is 0.454 e. The molecule has 0 spiro atoms. The summed E-state index contributed by atoms with van der Waals surface area (Å²) in [6.45, 7) is 2.43. The van der Waals surface area contributed by atoms with Crippen LogP contribution in [0.5, 0.6) is 11.5 Å². The molecular formula is C26H23N3O4S2. The van der Waals surface area contributed by atoms with Crippen LogP contribution >= 0.6 is 23.1 Å². The van der Waals surface area contributed by atoms with Gasteiger partial charge in [0.2, 0.25) is 12.7 Å². The number of thioether (sulfide) groups is 1. The van der Waals surface area contributed by atoms with E-state index in [1.54, 1.807) is 34.1 Å². The van der Waals surface area contributed by atoms with Crippen LogP contribution in [0.2, 0.25) is 0 Å². The predicted molar refractivity (Wildman–Crippen MR) is 138 cm³/mol. The summed E-state index contributed by atoms with van der Waals surface area (Å²) in [6.07, 6.45) is 2.98. The van der Waals surface area contributed by atoms with Gasteiger partial charge in [-0.25, -0.2) is 4.98 Å². The summed E-state index contributed by atoms with van der Waals surface area (Å²) in [5.41, 5.74) is 2.47. The zero-order chi connectivity index (χ0) is 23.9. The van der Waals surface area contributed by atoms with Gasteiger partial charge < -0.3 is 14.8 Å². The van der Waals surface area contributed by atoms with Crippen molar-refractivity contribution >= 4 is 44.9 Å². The Hall–Kier alpha value is -3.30. The second kappa shape index (κ2) is 9.05. The number of para-hydroxylation sites is 1. The zero-order valence-corrected chi connectivity index (χ0v) is 20.7. The van der Waals surface area contributed by atoms with E-state index in [0.717, 1.165) is 40.7 Å². The molecule has 1 aliphatic carbocycles. The minimum atomic E-state index is -0.192. The molecule has 9 heteroatoms. The minimum absolute atomic E-state index is 0.0630. The minimum Gasteiger partial charge on any atom is -0.454 e. The highest BCUT2D eigenvalue weighted by atomic mass is 32.2. The maximum Gasteiger partial charge on any atom is 0.267 e. The van der Waals surface area contributed by atoms with Crippen molar-refractivity contribution in [3.63, 3.8) is 0 Å². The summed E-state index contributed by atoms with van der Waals surface area (Å²) in [4.78, 5) is 33.5. The second-order valence-electron chi connectivity index (χ2n) is 8.81. The number of aryl methyl sites for hydroxylation is 1. The fourth-order valence-electron chi connectivity index (χ4n) is 4.57. The summed E-state index contributed by atoms with van der Waals surface area (Å²) in [5, 5.41) is 4.14. The molecule has 0 fully saturated rings. The normalized spacial score (nSPS) is 16.3. The molecule has 0 saturated carbocycles. The van der Waals surface area contributed by atoms with Crippen molar-refractivity contribution in [2.45, 2.75) is 31.3 Å². The van der Waals surface area contributed by atoms with Gasteiger partial charge in [0.15, 0.2) is 16.7 Å². The number of nitrogens with zero attached hydrogens (tertiary/aromatic N) is 2. The number of anilines is 1. The van der Waals surface area contributed by atoms with Crippen LogP contribution in [-0.4, -0.2) is 28.0 Å². The lowest BCUT2D eigenvalue weighted by Crippen LogP contribution is -2.23. The second-order valence-corrected chi connectivity index (χ2v) is 10.8. The van der Waals surface area contributed by atoms with E-state index in [9.17, 15) is 9.59 Å². The number of hydrogen-bond donors (Lipinski definition) is 1. The standard InChI is InChI=1S/C26H23N3O4S2/c1-15-7-9-18-21(11-15)35-24-23(18)25(31)29(17-5-3-2-4-6-17)26(28-24)34-13-22(30)27-16-8-10-19-20(12-16)33-14-32-19/h2-6,8,10,12,15H,7,9,11,13-14H2,1H3,(H,27,30)/t15-/m1/s1. The molecule has 0 radical (unpaired) electrons. The Balaban J connectivity index is 1.32. The summed E-state index contributed by atoms with van der Waals surface area (Å²) < 4.78 is 12.4. The van der Waals surface area contributed by atoms with E-state index in [0.29, 0.717) is 28.3 Å². The monoisotopic (exact) mass is 505 g/mol. The van der Waals surface area contributed by atoms with Crippen LogP contribution < -0.4 is 20.3 Å². The van der Waals surface area contributed by atoms with Gasteiger partial charge in [-0.15, -0.1) is 11.3 Å². The van der Waals surface area contributed by atoms with Crippen LogP contribution in [0, 0.1) is 5.92 Å². The van der Waals surface area contributed by atoms with Crippen LogP contribution in [-0.2, 0) is 17.6 Å². The Morgan fingerprint density at radius 1 is 1.20 bits per heavy atom. The molecule has 1 atom stereocenters. The van der Waals surface area contributed by atoms with Crippen molar-refractivity contribution < 1.29 is 14.3 Å². The molecule has 1 N–H and O–H groups in total. The Kier molecular flexibility index (Phi) is 5.74. The topological polar surface area (TPSA) is 82.4 Å². The average molecular weight is 506 g/mol. The van der Waals surface area contributed by atoms with Gasteiger partial charge in [-0.2, -0.15) is 0 Å². The van der Waals surface area contributed by atoms with Crippen LogP contribution in [0.3, 0.4) is 0 Å². The number of benzene rings is 2. The van der Waals surface area contributed by atoms with Crippen molar-refractivity contribution in [2.24, 2.45) is 5.92 Å². The first-order valence-electron chi connectivity index (χ1n) is 11.5. The molecule has 1 amide bonds. The molecule has 2 aliphatic rings. The van der Waals surface area contributed by atoms with E-state index in [4.69, 9.17) is 14.5 Å². The molecule has 2 aromatic heterocycles. The number of nitrogens with one attached hydrogen (secondary N) is 1. The molecule has 7 nitrogen and oxygen atoms in total. The van der Waals surface area contributed by atoms with E-state index in [1.807, 2.05) is 30.3 Å².